The van der Waals surface area contributed by atoms with Crippen LogP contribution in [0, 0.1) is 0 Å². The largest absolute Gasteiger partial charge is 0.445 e. The molecule has 1 saturated heterocycles. The van der Waals surface area contributed by atoms with Crippen molar-refractivity contribution in [2.75, 3.05) is 31.5 Å². The van der Waals surface area contributed by atoms with E-state index in [1.807, 2.05) is 72.9 Å². The molecule has 1 fully saturated rings. The lowest BCUT2D eigenvalue weighted by Gasteiger charge is -2.33. The number of hydrogen-bond donors (Lipinski definition) is 1. The summed E-state index contributed by atoms with van der Waals surface area (Å²) < 4.78 is 6.46. The average molecular weight is 552 g/mol. The van der Waals surface area contributed by atoms with Gasteiger partial charge in [-0.2, -0.15) is 0 Å². The van der Waals surface area contributed by atoms with E-state index in [2.05, 4.69) is 29.4 Å². The van der Waals surface area contributed by atoms with Crippen LogP contribution in [0.15, 0.2) is 85.1 Å². The number of anilines is 1. The van der Waals surface area contributed by atoms with Crippen LogP contribution in [-0.2, 0) is 11.3 Å². The number of hydrogen-bond acceptors (Lipinski definition) is 7. The van der Waals surface area contributed by atoms with E-state index in [-0.39, 0.29) is 24.6 Å². The van der Waals surface area contributed by atoms with Crippen LogP contribution < -0.4 is 5.32 Å². The quantitative estimate of drug-likeness (QED) is 0.274. The summed E-state index contributed by atoms with van der Waals surface area (Å²) in [6, 6.07) is 25.8. The Morgan fingerprint density at radius 1 is 0.950 bits per heavy atom. The second-order valence-corrected chi connectivity index (χ2v) is 10.9. The molecule has 3 heterocycles. The van der Waals surface area contributed by atoms with Gasteiger partial charge in [0.05, 0.1) is 16.4 Å². The first-order valence-electron chi connectivity index (χ1n) is 13.3. The molecule has 9 heteroatoms. The number of benzene rings is 3. The molecule has 6 rings (SSSR count). The molecule has 0 saturated carbocycles. The Morgan fingerprint density at radius 3 is 2.40 bits per heavy atom. The molecule has 202 valence electrons. The number of rotatable bonds is 6. The van der Waals surface area contributed by atoms with Gasteiger partial charge in [-0.1, -0.05) is 60.7 Å². The number of carbonyl (C=O) groups is 2. The lowest BCUT2D eigenvalue weighted by Crippen LogP contribution is -2.50. The monoisotopic (exact) mass is 551 g/mol. The van der Waals surface area contributed by atoms with Crippen molar-refractivity contribution in [2.24, 2.45) is 0 Å². The molecular weight excluding hydrogens is 522 g/mol. The minimum atomic E-state index is -0.352. The Hall–Kier alpha value is -4.50. The first-order valence-corrected chi connectivity index (χ1v) is 14.1. The summed E-state index contributed by atoms with van der Waals surface area (Å²) in [5.41, 5.74) is 2.91. The summed E-state index contributed by atoms with van der Waals surface area (Å²) in [5.74, 6) is 0.516. The van der Waals surface area contributed by atoms with Gasteiger partial charge < -0.3 is 19.9 Å². The van der Waals surface area contributed by atoms with E-state index in [0.29, 0.717) is 37.0 Å². The molecule has 3 aromatic carbocycles. The molecule has 0 aliphatic carbocycles. The normalized spacial score (nSPS) is 14.3. The minimum Gasteiger partial charge on any atom is -0.445 e. The molecule has 1 aliphatic heterocycles. The molecule has 2 aromatic heterocycles. The zero-order valence-corrected chi connectivity index (χ0v) is 22.9. The maximum atomic E-state index is 13.4. The van der Waals surface area contributed by atoms with Crippen LogP contribution in [0.25, 0.3) is 21.0 Å². The lowest BCUT2D eigenvalue weighted by molar-refractivity contribution is 0.0547. The van der Waals surface area contributed by atoms with Crippen molar-refractivity contribution in [2.45, 2.75) is 19.6 Å². The van der Waals surface area contributed by atoms with Gasteiger partial charge in [-0.3, -0.25) is 4.79 Å². The van der Waals surface area contributed by atoms with Crippen LogP contribution in [0.1, 0.15) is 33.8 Å². The first kappa shape index (κ1) is 25.8. The van der Waals surface area contributed by atoms with Crippen molar-refractivity contribution in [1.29, 1.82) is 0 Å². The Morgan fingerprint density at radius 2 is 1.65 bits per heavy atom. The molecule has 5 aromatic rings. The third-order valence-corrected chi connectivity index (χ3v) is 8.22. The standard InChI is InChI=1S/C31H29N5O3S/c1-21(23-10-6-3-7-11-23)33-30-32-19-24-12-13-26-25(28(24)34-30)18-27(40-26)29(37)35-14-16-36(17-15-35)31(38)39-20-22-8-4-2-5-9-22/h2-13,18-19,21H,14-17,20H2,1H3,(H,32,33,34). The zero-order chi connectivity index (χ0) is 27.5. The number of piperazine rings is 1. The number of fused-ring (bicyclic) bond motifs is 3. The molecule has 1 N–H and O–H groups in total. The third-order valence-electron chi connectivity index (χ3n) is 7.13. The minimum absolute atomic E-state index is 0.0308. The fourth-order valence-electron chi connectivity index (χ4n) is 4.86. The fraction of sp³-hybridized carbons (Fsp3) is 0.226. The summed E-state index contributed by atoms with van der Waals surface area (Å²) in [6.07, 6.45) is 1.46. The van der Waals surface area contributed by atoms with E-state index >= 15 is 0 Å². The van der Waals surface area contributed by atoms with Crippen LogP contribution >= 0.6 is 11.3 Å². The van der Waals surface area contributed by atoms with Crippen LogP contribution in [0.3, 0.4) is 0 Å². The summed E-state index contributed by atoms with van der Waals surface area (Å²) in [7, 11) is 0. The molecule has 2 amide bonds. The Kier molecular flexibility index (Phi) is 7.29. The van der Waals surface area contributed by atoms with E-state index < -0.39 is 0 Å². The van der Waals surface area contributed by atoms with Crippen LogP contribution in [0.4, 0.5) is 10.7 Å². The number of nitrogens with one attached hydrogen (secondary N) is 1. The third kappa shape index (κ3) is 5.46. The van der Waals surface area contributed by atoms with E-state index in [9.17, 15) is 9.59 Å². The predicted octanol–water partition coefficient (Wildman–Crippen LogP) is 6.11. The molecular formula is C31H29N5O3S. The van der Waals surface area contributed by atoms with Gasteiger partial charge in [0.25, 0.3) is 5.91 Å². The zero-order valence-electron chi connectivity index (χ0n) is 22.1. The lowest BCUT2D eigenvalue weighted by atomic mass is 10.1. The fourth-order valence-corrected chi connectivity index (χ4v) is 5.89. The first-order chi connectivity index (χ1) is 19.5. The number of nitrogens with zero attached hydrogens (tertiary/aromatic N) is 4. The Bertz CT molecular complexity index is 1650. The molecule has 1 aliphatic rings. The van der Waals surface area contributed by atoms with E-state index in [0.717, 1.165) is 32.1 Å². The highest BCUT2D eigenvalue weighted by atomic mass is 32.1. The SMILES string of the molecule is CC(Nc1ncc2ccc3sc(C(=O)N4CCN(C(=O)OCc5ccccc5)CC4)cc3c2n1)c1ccccc1. The summed E-state index contributed by atoms with van der Waals surface area (Å²) >= 11 is 1.47. The average Bonchev–Trinajstić information content (AvgIpc) is 3.46. The molecule has 0 radical (unpaired) electrons. The maximum absolute atomic E-state index is 13.4. The van der Waals surface area contributed by atoms with Crippen molar-refractivity contribution < 1.29 is 14.3 Å². The summed E-state index contributed by atoms with van der Waals surface area (Å²) in [6.45, 7) is 4.11. The van der Waals surface area contributed by atoms with Gasteiger partial charge in [-0.05, 0) is 36.2 Å². The van der Waals surface area contributed by atoms with Crippen molar-refractivity contribution >= 4 is 50.3 Å². The number of aromatic nitrogens is 2. The molecule has 0 spiro atoms. The number of thiophene rings is 1. The van der Waals surface area contributed by atoms with Gasteiger partial charge >= 0.3 is 6.09 Å². The van der Waals surface area contributed by atoms with Crippen molar-refractivity contribution in [1.82, 2.24) is 19.8 Å². The van der Waals surface area contributed by atoms with E-state index in [4.69, 9.17) is 9.72 Å². The van der Waals surface area contributed by atoms with Crippen molar-refractivity contribution in [3.05, 3.63) is 101 Å². The smallest absolute Gasteiger partial charge is 0.410 e. The number of amides is 2. The van der Waals surface area contributed by atoms with Gasteiger partial charge in [0.15, 0.2) is 0 Å². The molecule has 1 atom stereocenters. The highest BCUT2D eigenvalue weighted by molar-refractivity contribution is 7.21. The summed E-state index contributed by atoms with van der Waals surface area (Å²) in [5, 5.41) is 5.25. The van der Waals surface area contributed by atoms with Crippen molar-refractivity contribution in [3.8, 4) is 0 Å². The topological polar surface area (TPSA) is 87.7 Å². The van der Waals surface area contributed by atoms with E-state index in [1.54, 1.807) is 9.80 Å². The van der Waals surface area contributed by atoms with Crippen LogP contribution in [0.5, 0.6) is 0 Å². The van der Waals surface area contributed by atoms with Crippen molar-refractivity contribution in [3.63, 3.8) is 0 Å². The highest BCUT2D eigenvalue weighted by Gasteiger charge is 2.27. The molecule has 40 heavy (non-hydrogen) atoms. The Labute approximate surface area is 236 Å². The van der Waals surface area contributed by atoms with Gasteiger partial charge in [0, 0.05) is 47.8 Å². The second-order valence-electron chi connectivity index (χ2n) is 9.82. The van der Waals surface area contributed by atoms with Gasteiger partial charge in [-0.25, -0.2) is 14.8 Å². The number of ether oxygens (including phenoxy) is 1. The highest BCUT2D eigenvalue weighted by Crippen LogP contribution is 2.32. The molecule has 0 bridgehead atoms. The summed E-state index contributed by atoms with van der Waals surface area (Å²) in [4.78, 5) is 39.4. The van der Waals surface area contributed by atoms with E-state index in [1.165, 1.54) is 11.3 Å². The van der Waals surface area contributed by atoms with Gasteiger partial charge in [-0.15, -0.1) is 11.3 Å². The number of carbonyl (C=O) groups excluding carboxylic acids is 2. The molecule has 1 unspecified atom stereocenters. The van der Waals surface area contributed by atoms with Crippen LogP contribution in [0.2, 0.25) is 0 Å². The predicted molar refractivity (Wildman–Crippen MR) is 158 cm³/mol. The second kappa shape index (κ2) is 11.3. The maximum Gasteiger partial charge on any atom is 0.410 e. The molecule has 8 nitrogen and oxygen atoms in total. The Balaban J connectivity index is 1.13. The van der Waals surface area contributed by atoms with Crippen LogP contribution in [-0.4, -0.2) is 57.9 Å². The van der Waals surface area contributed by atoms with Gasteiger partial charge in [0.2, 0.25) is 5.95 Å². The van der Waals surface area contributed by atoms with Gasteiger partial charge in [0.1, 0.15) is 6.61 Å².